The number of aromatic nitrogens is 1. The lowest BCUT2D eigenvalue weighted by Crippen LogP contribution is -2.49. The molecule has 0 aliphatic rings. The Morgan fingerprint density at radius 2 is 1.59 bits per heavy atom. The van der Waals surface area contributed by atoms with Crippen LogP contribution in [0.4, 0.5) is 13.2 Å². The molecule has 0 saturated carbocycles. The number of halogens is 3. The predicted octanol–water partition coefficient (Wildman–Crippen LogP) is 3.96. The van der Waals surface area contributed by atoms with Crippen LogP contribution >= 0.6 is 0 Å². The van der Waals surface area contributed by atoms with E-state index in [1.807, 2.05) is 50.2 Å². The van der Waals surface area contributed by atoms with Gasteiger partial charge in [-0.1, -0.05) is 38.1 Å². The summed E-state index contributed by atoms with van der Waals surface area (Å²) in [6.45, 7) is 2.99. The van der Waals surface area contributed by atoms with Crippen molar-refractivity contribution in [3.63, 3.8) is 0 Å². The van der Waals surface area contributed by atoms with Crippen molar-refractivity contribution < 1.29 is 32.3 Å². The van der Waals surface area contributed by atoms with Crippen molar-refractivity contribution in [1.82, 2.24) is 20.9 Å². The van der Waals surface area contributed by atoms with Crippen LogP contribution < -0.4 is 16.0 Å². The van der Waals surface area contributed by atoms with Crippen molar-refractivity contribution >= 4 is 23.5 Å². The summed E-state index contributed by atoms with van der Waals surface area (Å²) in [5, 5.41) is 7.52. The Kier molecular flexibility index (Phi) is 10.7. The van der Waals surface area contributed by atoms with Crippen LogP contribution in [0.1, 0.15) is 41.8 Å². The van der Waals surface area contributed by atoms with E-state index in [1.54, 1.807) is 12.3 Å². The highest BCUT2D eigenvalue weighted by Crippen LogP contribution is 2.29. The minimum atomic E-state index is -4.54. The summed E-state index contributed by atoms with van der Waals surface area (Å²) < 4.78 is 38.4. The van der Waals surface area contributed by atoms with Gasteiger partial charge < -0.3 is 16.0 Å². The number of hydrogen-bond acceptors (Lipinski definition) is 5. The number of carbonyl (C=O) groups is 4. The second-order valence-electron chi connectivity index (χ2n) is 9.86. The highest BCUT2D eigenvalue weighted by molar-refractivity contribution is 5.98. The van der Waals surface area contributed by atoms with Gasteiger partial charge in [-0.25, -0.2) is 0 Å². The van der Waals surface area contributed by atoms with Gasteiger partial charge in [-0.2, -0.15) is 13.2 Å². The normalized spacial score (nSPS) is 12.0. The summed E-state index contributed by atoms with van der Waals surface area (Å²) in [5.41, 5.74) is 1.44. The van der Waals surface area contributed by atoms with E-state index in [1.165, 1.54) is 0 Å². The smallest absolute Gasteiger partial charge is 0.349 e. The highest BCUT2D eigenvalue weighted by atomic mass is 19.4. The molecule has 41 heavy (non-hydrogen) atoms. The predicted molar refractivity (Wildman–Crippen MR) is 147 cm³/mol. The number of hydrogen-bond donors (Lipinski definition) is 3. The molecule has 3 rings (SSSR count). The van der Waals surface area contributed by atoms with Crippen molar-refractivity contribution in [1.29, 1.82) is 0 Å². The van der Waals surface area contributed by atoms with Crippen molar-refractivity contribution in [2.24, 2.45) is 5.92 Å². The lowest BCUT2D eigenvalue weighted by atomic mass is 10.0. The van der Waals surface area contributed by atoms with E-state index in [-0.39, 0.29) is 43.3 Å². The zero-order chi connectivity index (χ0) is 30.0. The van der Waals surface area contributed by atoms with Gasteiger partial charge in [-0.05, 0) is 60.4 Å². The minimum Gasteiger partial charge on any atom is -0.349 e. The maximum Gasteiger partial charge on any atom is 0.416 e. The number of nitrogens with one attached hydrogen (secondary N) is 3. The maximum absolute atomic E-state index is 12.8. The Labute approximate surface area is 235 Å². The molecule has 0 aliphatic carbocycles. The fraction of sp³-hybridized carbons (Fsp3) is 0.300. The second kappa shape index (κ2) is 14.2. The summed E-state index contributed by atoms with van der Waals surface area (Å²) in [6, 6.07) is 15.5. The van der Waals surface area contributed by atoms with Crippen LogP contribution in [0.3, 0.4) is 0 Å². The van der Waals surface area contributed by atoms with Crippen LogP contribution in [0.5, 0.6) is 0 Å². The fourth-order valence-electron chi connectivity index (χ4n) is 3.95. The molecule has 3 N–H and O–H groups in total. The lowest BCUT2D eigenvalue weighted by molar-refractivity contribution is -0.137. The Hall–Kier alpha value is -4.54. The van der Waals surface area contributed by atoms with E-state index < -0.39 is 35.4 Å². The molecule has 3 aromatic rings. The molecule has 1 atom stereocenters. The number of benzene rings is 2. The van der Waals surface area contributed by atoms with Crippen LogP contribution in [-0.4, -0.2) is 47.6 Å². The first-order valence-electron chi connectivity index (χ1n) is 13.0. The molecular formula is C30H31F3N4O4. The molecule has 216 valence electrons. The van der Waals surface area contributed by atoms with Crippen LogP contribution in [0.15, 0.2) is 72.9 Å². The van der Waals surface area contributed by atoms with Gasteiger partial charge >= 0.3 is 6.18 Å². The van der Waals surface area contributed by atoms with Crippen molar-refractivity contribution in [3.8, 4) is 11.3 Å². The lowest BCUT2D eigenvalue weighted by Gasteiger charge is -2.20. The van der Waals surface area contributed by atoms with E-state index in [2.05, 4.69) is 20.9 Å². The van der Waals surface area contributed by atoms with Crippen LogP contribution in [0.2, 0.25) is 0 Å². The Morgan fingerprint density at radius 3 is 2.22 bits per heavy atom. The molecular weight excluding hydrogens is 537 g/mol. The maximum atomic E-state index is 12.8. The number of rotatable bonds is 12. The van der Waals surface area contributed by atoms with Crippen molar-refractivity contribution in [3.05, 3.63) is 89.6 Å². The number of amides is 3. The summed E-state index contributed by atoms with van der Waals surface area (Å²) in [4.78, 5) is 54.3. The SMILES string of the molecule is CC(C)C[C@H](NC(=O)c1ccc(C(F)(F)F)cc1)C(=O)NCC(=O)CNC(=O)Cc1cccc(-c2ccccn2)c1. The number of ketones is 1. The molecule has 8 nitrogen and oxygen atoms in total. The average Bonchev–Trinajstić information content (AvgIpc) is 2.94. The first-order chi connectivity index (χ1) is 19.4. The number of nitrogens with zero attached hydrogens (tertiary/aromatic N) is 1. The molecule has 0 radical (unpaired) electrons. The van der Waals surface area contributed by atoms with Crippen molar-refractivity contribution in [2.75, 3.05) is 13.1 Å². The second-order valence-corrected chi connectivity index (χ2v) is 9.86. The molecule has 11 heteroatoms. The molecule has 1 heterocycles. The number of alkyl halides is 3. The van der Waals surface area contributed by atoms with Gasteiger partial charge in [0.1, 0.15) is 6.04 Å². The first-order valence-corrected chi connectivity index (χ1v) is 13.0. The monoisotopic (exact) mass is 568 g/mol. The van der Waals surface area contributed by atoms with Gasteiger partial charge in [-0.3, -0.25) is 24.2 Å². The molecule has 1 aromatic heterocycles. The van der Waals surface area contributed by atoms with E-state index in [0.29, 0.717) is 0 Å². The molecule has 2 aromatic carbocycles. The van der Waals surface area contributed by atoms with E-state index in [9.17, 15) is 32.3 Å². The summed E-state index contributed by atoms with van der Waals surface area (Å²) in [6.07, 6.45) is -2.57. The average molecular weight is 569 g/mol. The van der Waals surface area contributed by atoms with Gasteiger partial charge in [-0.15, -0.1) is 0 Å². The molecule has 0 saturated heterocycles. The molecule has 0 fully saturated rings. The Bertz CT molecular complexity index is 1360. The fourth-order valence-corrected chi connectivity index (χ4v) is 3.95. The summed E-state index contributed by atoms with van der Waals surface area (Å²) in [7, 11) is 0. The van der Waals surface area contributed by atoms with Gasteiger partial charge in [0.05, 0.1) is 30.8 Å². The van der Waals surface area contributed by atoms with Gasteiger partial charge in [0.15, 0.2) is 5.78 Å². The number of pyridine rings is 1. The third-order valence-electron chi connectivity index (χ3n) is 6.00. The Morgan fingerprint density at radius 1 is 0.878 bits per heavy atom. The third-order valence-corrected chi connectivity index (χ3v) is 6.00. The third kappa shape index (κ3) is 9.86. The van der Waals surface area contributed by atoms with Crippen LogP contribution in [0.25, 0.3) is 11.3 Å². The van der Waals surface area contributed by atoms with E-state index in [4.69, 9.17) is 0 Å². The standard InChI is InChI=1S/C30H31F3N4O4/c1-19(2)14-26(37-28(40)21-9-11-23(12-10-21)30(31,32)33)29(41)36-18-24(38)17-35-27(39)16-20-6-5-7-22(15-20)25-8-3-4-13-34-25/h3-13,15,19,26H,14,16-18H2,1-2H3,(H,35,39)(H,36,41)(H,37,40)/t26-/m0/s1. The molecule has 0 bridgehead atoms. The Balaban J connectivity index is 1.48. The summed E-state index contributed by atoms with van der Waals surface area (Å²) >= 11 is 0. The summed E-state index contributed by atoms with van der Waals surface area (Å²) in [5.74, 6) is -2.17. The van der Waals surface area contributed by atoms with E-state index in [0.717, 1.165) is 41.1 Å². The van der Waals surface area contributed by atoms with Gasteiger partial charge in [0.2, 0.25) is 11.8 Å². The molecule has 0 unspecified atom stereocenters. The zero-order valence-electron chi connectivity index (χ0n) is 22.6. The first kappa shape index (κ1) is 31.0. The largest absolute Gasteiger partial charge is 0.416 e. The molecule has 0 spiro atoms. The van der Waals surface area contributed by atoms with Crippen molar-refractivity contribution in [2.45, 2.75) is 38.9 Å². The quantitative estimate of drug-likeness (QED) is 0.306. The zero-order valence-corrected chi connectivity index (χ0v) is 22.6. The van der Waals surface area contributed by atoms with Crippen LogP contribution in [-0.2, 0) is 27.0 Å². The van der Waals surface area contributed by atoms with E-state index >= 15 is 0 Å². The topological polar surface area (TPSA) is 117 Å². The van der Waals surface area contributed by atoms with Gasteiger partial charge in [0.25, 0.3) is 5.91 Å². The molecule has 0 aliphatic heterocycles. The number of carbonyl (C=O) groups excluding carboxylic acids is 4. The highest BCUT2D eigenvalue weighted by Gasteiger charge is 2.30. The van der Waals surface area contributed by atoms with Crippen LogP contribution in [0, 0.1) is 5.92 Å². The number of Topliss-reactive ketones (excluding diaryl/α,β-unsaturated/α-hetero) is 1. The minimum absolute atomic E-state index is 0.00943. The molecule has 3 amide bonds. The van der Waals surface area contributed by atoms with Gasteiger partial charge in [0, 0.05) is 17.3 Å².